The standard InChI is InChI=1S/C7H7ClN4O3/c8-5-6(14)12(2-1-10-5)3-4(13)11-7(9)15/h1-2H,3H2,(H3,9,11,13,15). The smallest absolute Gasteiger partial charge is 0.318 e. The summed E-state index contributed by atoms with van der Waals surface area (Å²) < 4.78 is 1.01. The van der Waals surface area contributed by atoms with Crippen molar-refractivity contribution in [2.75, 3.05) is 0 Å². The normalized spacial score (nSPS) is 9.67. The van der Waals surface area contributed by atoms with Crippen LogP contribution in [-0.4, -0.2) is 21.5 Å². The fourth-order valence-electron chi connectivity index (χ4n) is 0.877. The van der Waals surface area contributed by atoms with E-state index in [-0.39, 0.29) is 11.7 Å². The Labute approximate surface area is 88.9 Å². The molecule has 7 nitrogen and oxygen atoms in total. The number of urea groups is 1. The van der Waals surface area contributed by atoms with Crippen LogP contribution in [0.5, 0.6) is 0 Å². The first-order valence-corrected chi connectivity index (χ1v) is 4.18. The molecule has 0 spiro atoms. The Bertz CT molecular complexity index is 456. The molecule has 80 valence electrons. The molecule has 0 saturated carbocycles. The van der Waals surface area contributed by atoms with Gasteiger partial charge in [-0.05, 0) is 0 Å². The van der Waals surface area contributed by atoms with Crippen LogP contribution < -0.4 is 16.6 Å². The maximum absolute atomic E-state index is 11.3. The van der Waals surface area contributed by atoms with Gasteiger partial charge < -0.3 is 10.3 Å². The number of aromatic nitrogens is 2. The van der Waals surface area contributed by atoms with Gasteiger partial charge in [-0.15, -0.1) is 0 Å². The molecule has 0 aliphatic heterocycles. The lowest BCUT2D eigenvalue weighted by atomic mass is 10.5. The third-order valence-corrected chi connectivity index (χ3v) is 1.71. The van der Waals surface area contributed by atoms with Crippen molar-refractivity contribution in [1.29, 1.82) is 0 Å². The predicted octanol–water partition coefficient (Wildman–Crippen LogP) is -0.908. The Morgan fingerprint density at radius 2 is 2.27 bits per heavy atom. The van der Waals surface area contributed by atoms with E-state index in [9.17, 15) is 14.4 Å². The molecule has 0 radical (unpaired) electrons. The summed E-state index contributed by atoms with van der Waals surface area (Å²) in [6, 6.07) is -0.979. The molecule has 15 heavy (non-hydrogen) atoms. The summed E-state index contributed by atoms with van der Waals surface area (Å²) in [6.45, 7) is -0.343. The third kappa shape index (κ3) is 3.06. The van der Waals surface area contributed by atoms with Gasteiger partial charge in [0.2, 0.25) is 5.91 Å². The number of hydrogen-bond donors (Lipinski definition) is 2. The molecule has 3 amide bonds. The first-order valence-electron chi connectivity index (χ1n) is 3.81. The molecule has 0 atom stereocenters. The molecule has 1 aromatic heterocycles. The van der Waals surface area contributed by atoms with Crippen molar-refractivity contribution in [1.82, 2.24) is 14.9 Å². The van der Waals surface area contributed by atoms with Crippen LogP contribution in [0.15, 0.2) is 17.2 Å². The molecule has 8 heteroatoms. The van der Waals surface area contributed by atoms with E-state index in [2.05, 4.69) is 4.98 Å². The second kappa shape index (κ2) is 4.56. The van der Waals surface area contributed by atoms with Crippen LogP contribution >= 0.6 is 11.6 Å². The number of nitrogens with zero attached hydrogens (tertiary/aromatic N) is 2. The molecular weight excluding hydrogens is 224 g/mol. The SMILES string of the molecule is NC(=O)NC(=O)Cn1ccnc(Cl)c1=O. The molecule has 1 aromatic rings. The fourth-order valence-corrected chi connectivity index (χ4v) is 1.04. The molecule has 0 bridgehead atoms. The number of amides is 3. The Morgan fingerprint density at radius 3 is 2.87 bits per heavy atom. The van der Waals surface area contributed by atoms with Crippen molar-refractivity contribution >= 4 is 23.5 Å². The van der Waals surface area contributed by atoms with Crippen molar-refractivity contribution < 1.29 is 9.59 Å². The van der Waals surface area contributed by atoms with Gasteiger partial charge in [-0.1, -0.05) is 11.6 Å². The van der Waals surface area contributed by atoms with Crippen LogP contribution in [0.25, 0.3) is 0 Å². The maximum atomic E-state index is 11.3. The summed E-state index contributed by atoms with van der Waals surface area (Å²) in [4.78, 5) is 36.1. The number of hydrogen-bond acceptors (Lipinski definition) is 4. The Hall–Kier alpha value is -1.89. The minimum atomic E-state index is -0.979. The van der Waals surface area contributed by atoms with Crippen LogP contribution in [0.1, 0.15) is 0 Å². The van der Waals surface area contributed by atoms with E-state index in [1.165, 1.54) is 12.4 Å². The topological polar surface area (TPSA) is 107 Å². The van der Waals surface area contributed by atoms with Crippen molar-refractivity contribution in [2.45, 2.75) is 6.54 Å². The lowest BCUT2D eigenvalue weighted by Crippen LogP contribution is -2.39. The van der Waals surface area contributed by atoms with Gasteiger partial charge in [0.25, 0.3) is 5.56 Å². The molecule has 0 aromatic carbocycles. The first kappa shape index (κ1) is 11.2. The van der Waals surface area contributed by atoms with Crippen molar-refractivity contribution in [3.05, 3.63) is 27.9 Å². The van der Waals surface area contributed by atoms with Crippen LogP contribution in [-0.2, 0) is 11.3 Å². The highest BCUT2D eigenvalue weighted by atomic mass is 35.5. The number of halogens is 1. The predicted molar refractivity (Wildman–Crippen MR) is 51.2 cm³/mol. The average Bonchev–Trinajstić information content (AvgIpc) is 2.11. The maximum Gasteiger partial charge on any atom is 0.318 e. The second-order valence-electron chi connectivity index (χ2n) is 2.56. The summed E-state index contributed by atoms with van der Waals surface area (Å²) >= 11 is 5.44. The van der Waals surface area contributed by atoms with E-state index >= 15 is 0 Å². The van der Waals surface area contributed by atoms with Crippen LogP contribution in [0, 0.1) is 0 Å². The highest BCUT2D eigenvalue weighted by Crippen LogP contribution is 1.93. The molecule has 0 unspecified atom stereocenters. The van der Waals surface area contributed by atoms with Gasteiger partial charge in [0, 0.05) is 12.4 Å². The average molecular weight is 231 g/mol. The molecule has 0 fully saturated rings. The molecule has 1 heterocycles. The summed E-state index contributed by atoms with van der Waals surface area (Å²) in [5, 5.41) is 1.57. The van der Waals surface area contributed by atoms with E-state index in [4.69, 9.17) is 17.3 Å². The van der Waals surface area contributed by atoms with Crippen molar-refractivity contribution in [2.24, 2.45) is 5.73 Å². The minimum absolute atomic E-state index is 0.246. The van der Waals surface area contributed by atoms with Crippen LogP contribution in [0.4, 0.5) is 4.79 Å². The zero-order valence-electron chi connectivity index (χ0n) is 7.44. The largest absolute Gasteiger partial charge is 0.351 e. The monoisotopic (exact) mass is 230 g/mol. The fraction of sp³-hybridized carbons (Fsp3) is 0.143. The van der Waals surface area contributed by atoms with Gasteiger partial charge in [0.15, 0.2) is 5.15 Å². The number of nitrogens with one attached hydrogen (secondary N) is 1. The third-order valence-electron chi connectivity index (χ3n) is 1.45. The van der Waals surface area contributed by atoms with E-state index in [0.717, 1.165) is 4.57 Å². The number of nitrogens with two attached hydrogens (primary N) is 1. The van der Waals surface area contributed by atoms with Crippen LogP contribution in [0.3, 0.4) is 0 Å². The zero-order valence-corrected chi connectivity index (χ0v) is 8.19. The van der Waals surface area contributed by atoms with Gasteiger partial charge in [-0.2, -0.15) is 0 Å². The van der Waals surface area contributed by atoms with Gasteiger partial charge >= 0.3 is 6.03 Å². The highest BCUT2D eigenvalue weighted by molar-refractivity contribution is 6.29. The molecule has 0 aliphatic rings. The molecule has 1 rings (SSSR count). The zero-order chi connectivity index (χ0) is 11.4. The van der Waals surface area contributed by atoms with Gasteiger partial charge in [0.1, 0.15) is 6.54 Å². The summed E-state index contributed by atoms with van der Waals surface area (Å²) in [7, 11) is 0. The molecule has 0 aliphatic carbocycles. The van der Waals surface area contributed by atoms with E-state index in [0.29, 0.717) is 0 Å². The lowest BCUT2D eigenvalue weighted by molar-refractivity contribution is -0.120. The molecule has 0 saturated heterocycles. The Balaban J connectivity index is 2.82. The van der Waals surface area contributed by atoms with E-state index in [1.54, 1.807) is 0 Å². The van der Waals surface area contributed by atoms with Gasteiger partial charge in [0.05, 0.1) is 0 Å². The summed E-state index contributed by atoms with van der Waals surface area (Å²) in [5.74, 6) is -0.702. The second-order valence-corrected chi connectivity index (χ2v) is 2.92. The Kier molecular flexibility index (Phi) is 3.40. The quantitative estimate of drug-likeness (QED) is 0.686. The van der Waals surface area contributed by atoms with E-state index < -0.39 is 17.5 Å². The van der Waals surface area contributed by atoms with Gasteiger partial charge in [-0.3, -0.25) is 14.9 Å². The number of carbonyl (C=O) groups is 2. The van der Waals surface area contributed by atoms with Crippen LogP contribution in [0.2, 0.25) is 5.15 Å². The van der Waals surface area contributed by atoms with Gasteiger partial charge in [-0.25, -0.2) is 9.78 Å². The number of rotatable bonds is 2. The van der Waals surface area contributed by atoms with E-state index in [1.807, 2.05) is 5.32 Å². The molecular formula is C7H7ClN4O3. The number of carbonyl (C=O) groups excluding carboxylic acids is 2. The Morgan fingerprint density at radius 1 is 1.60 bits per heavy atom. The van der Waals surface area contributed by atoms with Crippen molar-refractivity contribution in [3.63, 3.8) is 0 Å². The number of imide groups is 1. The highest BCUT2D eigenvalue weighted by Gasteiger charge is 2.08. The lowest BCUT2D eigenvalue weighted by Gasteiger charge is -2.03. The number of primary amides is 1. The first-order chi connectivity index (χ1) is 7.00. The minimum Gasteiger partial charge on any atom is -0.351 e. The summed E-state index contributed by atoms with van der Waals surface area (Å²) in [5.41, 5.74) is 4.11. The van der Waals surface area contributed by atoms with Crippen molar-refractivity contribution in [3.8, 4) is 0 Å². The molecule has 3 N–H and O–H groups in total. The summed E-state index contributed by atoms with van der Waals surface area (Å²) in [6.07, 6.45) is 2.54.